The van der Waals surface area contributed by atoms with Crippen LogP contribution < -0.4 is 0 Å². The van der Waals surface area contributed by atoms with Crippen molar-refractivity contribution in [1.82, 2.24) is 9.80 Å². The van der Waals surface area contributed by atoms with E-state index in [0.717, 1.165) is 70.3 Å². The number of esters is 1. The smallest absolute Gasteiger partial charge is 0.327 e. The van der Waals surface area contributed by atoms with Gasteiger partial charge in [-0.15, -0.1) is 0 Å². The Balaban J connectivity index is 1.56. The van der Waals surface area contributed by atoms with Crippen molar-refractivity contribution in [2.75, 3.05) is 53.0 Å². The minimum atomic E-state index is -0.408. The molecule has 0 saturated carbocycles. The van der Waals surface area contributed by atoms with Gasteiger partial charge >= 0.3 is 5.97 Å². The van der Waals surface area contributed by atoms with Crippen molar-refractivity contribution in [3.8, 4) is 0 Å². The number of carbonyl (C=O) groups excluding carboxylic acids is 1. The predicted octanol–water partition coefficient (Wildman–Crippen LogP) is 2.99. The van der Waals surface area contributed by atoms with Crippen molar-refractivity contribution >= 4 is 17.6 Å². The second-order valence-electron chi connectivity index (χ2n) is 7.17. The van der Waals surface area contributed by atoms with Crippen LogP contribution in [0.3, 0.4) is 0 Å². The van der Waals surface area contributed by atoms with Gasteiger partial charge in [-0.3, -0.25) is 9.80 Å². The van der Waals surface area contributed by atoms with Gasteiger partial charge in [-0.2, -0.15) is 0 Å². The van der Waals surface area contributed by atoms with Crippen molar-refractivity contribution in [1.29, 1.82) is 0 Å². The van der Waals surface area contributed by atoms with Crippen LogP contribution in [-0.2, 0) is 14.3 Å². The lowest BCUT2D eigenvalue weighted by Gasteiger charge is -2.37. The quantitative estimate of drug-likeness (QED) is 0.710. The fourth-order valence-corrected chi connectivity index (χ4v) is 4.21. The number of methoxy groups -OCH3 is 1. The number of ether oxygens (including phenoxy) is 2. The molecule has 0 aliphatic carbocycles. The van der Waals surface area contributed by atoms with Crippen molar-refractivity contribution in [2.24, 2.45) is 5.92 Å². The van der Waals surface area contributed by atoms with E-state index in [2.05, 4.69) is 9.80 Å². The molecule has 2 fully saturated rings. The highest BCUT2D eigenvalue weighted by Gasteiger charge is 2.33. The summed E-state index contributed by atoms with van der Waals surface area (Å²) in [5.74, 6) is 0.489. The summed E-state index contributed by atoms with van der Waals surface area (Å²) in [6.45, 7) is 6.77. The summed E-state index contributed by atoms with van der Waals surface area (Å²) in [5.41, 5.74) is 0.841. The maximum absolute atomic E-state index is 12.4. The first-order valence-electron chi connectivity index (χ1n) is 9.55. The third kappa shape index (κ3) is 4.97. The first kappa shape index (κ1) is 19.6. The van der Waals surface area contributed by atoms with E-state index in [4.69, 9.17) is 21.1 Å². The largest absolute Gasteiger partial charge is 0.468 e. The Morgan fingerprint density at radius 3 is 2.58 bits per heavy atom. The molecule has 5 nitrogen and oxygen atoms in total. The zero-order valence-electron chi connectivity index (χ0n) is 15.5. The van der Waals surface area contributed by atoms with E-state index in [0.29, 0.717) is 5.02 Å². The summed E-state index contributed by atoms with van der Waals surface area (Å²) in [7, 11) is 1.45. The van der Waals surface area contributed by atoms with Gasteiger partial charge in [-0.25, -0.2) is 4.79 Å². The van der Waals surface area contributed by atoms with Crippen LogP contribution in [0.5, 0.6) is 0 Å². The number of hydrogen-bond acceptors (Lipinski definition) is 5. The maximum atomic E-state index is 12.4. The third-order valence-electron chi connectivity index (χ3n) is 5.60. The average molecular weight is 381 g/mol. The fraction of sp³-hybridized carbons (Fsp3) is 0.650. The second-order valence-corrected chi connectivity index (χ2v) is 7.58. The molecule has 1 unspecified atom stereocenters. The molecule has 2 saturated heterocycles. The molecule has 2 heterocycles. The summed E-state index contributed by atoms with van der Waals surface area (Å²) in [6.07, 6.45) is 3.45. The minimum Gasteiger partial charge on any atom is -0.468 e. The third-order valence-corrected chi connectivity index (χ3v) is 5.94. The number of likely N-dealkylation sites (tertiary alicyclic amines) is 1. The van der Waals surface area contributed by atoms with Gasteiger partial charge in [-0.05, 0) is 56.4 Å². The Kier molecular flexibility index (Phi) is 7.32. The van der Waals surface area contributed by atoms with Crippen LogP contribution in [-0.4, -0.2) is 68.8 Å². The van der Waals surface area contributed by atoms with Gasteiger partial charge in [-0.1, -0.05) is 29.8 Å². The molecule has 2 aliphatic heterocycles. The lowest BCUT2D eigenvalue weighted by Crippen LogP contribution is -2.42. The van der Waals surface area contributed by atoms with Crippen LogP contribution in [0.2, 0.25) is 5.02 Å². The van der Waals surface area contributed by atoms with E-state index in [1.165, 1.54) is 13.5 Å². The molecule has 6 heteroatoms. The van der Waals surface area contributed by atoms with Crippen molar-refractivity contribution < 1.29 is 14.3 Å². The van der Waals surface area contributed by atoms with E-state index >= 15 is 0 Å². The fourth-order valence-electron chi connectivity index (χ4n) is 3.97. The highest BCUT2D eigenvalue weighted by molar-refractivity contribution is 6.31. The number of benzene rings is 1. The SMILES string of the molecule is COC(=O)C(c1ccccc1Cl)N1CCC(CCN2CCOCC2)CC1. The predicted molar refractivity (Wildman–Crippen MR) is 102 cm³/mol. The molecular formula is C20H29ClN2O3. The monoisotopic (exact) mass is 380 g/mol. The lowest BCUT2D eigenvalue weighted by atomic mass is 9.91. The number of nitrogens with zero attached hydrogens (tertiary/aromatic N) is 2. The second kappa shape index (κ2) is 9.70. The molecule has 1 aromatic carbocycles. The van der Waals surface area contributed by atoms with Crippen LogP contribution in [0.15, 0.2) is 24.3 Å². The molecule has 0 bridgehead atoms. The standard InChI is InChI=1S/C20H29ClN2O3/c1-25-20(24)19(17-4-2-3-5-18(17)21)23-10-7-16(8-11-23)6-9-22-12-14-26-15-13-22/h2-5,16,19H,6-15H2,1H3. The van der Waals surface area contributed by atoms with E-state index in [1.807, 2.05) is 24.3 Å². The highest BCUT2D eigenvalue weighted by Crippen LogP contribution is 2.32. The number of hydrogen-bond donors (Lipinski definition) is 0. The Morgan fingerprint density at radius 2 is 1.92 bits per heavy atom. The zero-order valence-corrected chi connectivity index (χ0v) is 16.3. The van der Waals surface area contributed by atoms with E-state index < -0.39 is 6.04 Å². The molecule has 26 heavy (non-hydrogen) atoms. The van der Waals surface area contributed by atoms with Gasteiger partial charge in [0.05, 0.1) is 20.3 Å². The van der Waals surface area contributed by atoms with Crippen molar-refractivity contribution in [3.05, 3.63) is 34.9 Å². The Morgan fingerprint density at radius 1 is 1.23 bits per heavy atom. The van der Waals surface area contributed by atoms with E-state index in [9.17, 15) is 4.79 Å². The average Bonchev–Trinajstić information content (AvgIpc) is 2.69. The highest BCUT2D eigenvalue weighted by atomic mass is 35.5. The van der Waals surface area contributed by atoms with E-state index in [1.54, 1.807) is 0 Å². The summed E-state index contributed by atoms with van der Waals surface area (Å²) < 4.78 is 10.5. The van der Waals surface area contributed by atoms with Gasteiger partial charge in [0.1, 0.15) is 6.04 Å². The van der Waals surface area contributed by atoms with Crippen LogP contribution in [0.4, 0.5) is 0 Å². The van der Waals surface area contributed by atoms with Crippen LogP contribution >= 0.6 is 11.6 Å². The van der Waals surface area contributed by atoms with E-state index in [-0.39, 0.29) is 5.97 Å². The van der Waals surface area contributed by atoms with Crippen molar-refractivity contribution in [2.45, 2.75) is 25.3 Å². The number of piperidine rings is 1. The van der Waals surface area contributed by atoms with Gasteiger partial charge in [0.15, 0.2) is 0 Å². The first-order chi connectivity index (χ1) is 12.7. The number of halogens is 1. The minimum absolute atomic E-state index is 0.232. The van der Waals surface area contributed by atoms with Crippen LogP contribution in [0, 0.1) is 5.92 Å². The lowest BCUT2D eigenvalue weighted by molar-refractivity contribution is -0.148. The molecule has 0 N–H and O–H groups in total. The maximum Gasteiger partial charge on any atom is 0.327 e. The number of carbonyl (C=O) groups is 1. The number of morpholine rings is 1. The van der Waals surface area contributed by atoms with Gasteiger partial charge in [0, 0.05) is 18.1 Å². The summed E-state index contributed by atoms with van der Waals surface area (Å²) >= 11 is 6.35. The summed E-state index contributed by atoms with van der Waals surface area (Å²) in [4.78, 5) is 17.2. The van der Waals surface area contributed by atoms with Crippen LogP contribution in [0.1, 0.15) is 30.9 Å². The van der Waals surface area contributed by atoms with Gasteiger partial charge < -0.3 is 9.47 Å². The molecule has 3 rings (SSSR count). The molecule has 0 amide bonds. The molecule has 0 aromatic heterocycles. The van der Waals surface area contributed by atoms with Crippen LogP contribution in [0.25, 0.3) is 0 Å². The molecular weight excluding hydrogens is 352 g/mol. The summed E-state index contributed by atoms with van der Waals surface area (Å²) in [6, 6.07) is 7.16. The Labute approximate surface area is 161 Å². The zero-order chi connectivity index (χ0) is 18.4. The Bertz CT molecular complexity index is 584. The topological polar surface area (TPSA) is 42.0 Å². The molecule has 2 aliphatic rings. The molecule has 0 radical (unpaired) electrons. The molecule has 1 aromatic rings. The summed E-state index contributed by atoms with van der Waals surface area (Å²) in [5, 5.41) is 0.623. The Hall–Kier alpha value is -1.14. The first-order valence-corrected chi connectivity index (χ1v) is 9.93. The molecule has 144 valence electrons. The van der Waals surface area contributed by atoms with Crippen molar-refractivity contribution in [3.63, 3.8) is 0 Å². The molecule has 1 atom stereocenters. The van der Waals surface area contributed by atoms with Gasteiger partial charge in [0.25, 0.3) is 0 Å². The normalized spacial score (nSPS) is 21.5. The van der Waals surface area contributed by atoms with Gasteiger partial charge in [0.2, 0.25) is 0 Å². The number of rotatable bonds is 6. The molecule has 0 spiro atoms.